The highest BCUT2D eigenvalue weighted by Gasteiger charge is 2.22. The molecule has 0 unspecified atom stereocenters. The van der Waals surface area contributed by atoms with Crippen LogP contribution in [0.3, 0.4) is 0 Å². The Morgan fingerprint density at radius 1 is 0.952 bits per heavy atom. The van der Waals surface area contributed by atoms with Gasteiger partial charge in [-0.2, -0.15) is 5.10 Å². The van der Waals surface area contributed by atoms with Crippen LogP contribution in [0.5, 0.6) is 0 Å². The highest BCUT2D eigenvalue weighted by molar-refractivity contribution is 5.97. The zero-order valence-corrected chi connectivity index (χ0v) is 12.0. The molecule has 2 aliphatic heterocycles. The van der Waals surface area contributed by atoms with Gasteiger partial charge in [-0.05, 0) is 49.0 Å². The molecule has 0 saturated carbocycles. The molecule has 0 spiro atoms. The number of piperidine rings is 1. The maximum Gasteiger partial charge on any atom is 0.0640 e. The van der Waals surface area contributed by atoms with Gasteiger partial charge in [-0.1, -0.05) is 36.4 Å². The summed E-state index contributed by atoms with van der Waals surface area (Å²) in [5.41, 5.74) is 9.55. The van der Waals surface area contributed by atoms with Gasteiger partial charge in [-0.3, -0.25) is 5.43 Å². The maximum atomic E-state index is 4.35. The summed E-state index contributed by atoms with van der Waals surface area (Å²) in [6, 6.07) is 15.1. The molecular weight excluding hydrogens is 258 g/mol. The fourth-order valence-corrected chi connectivity index (χ4v) is 3.45. The van der Waals surface area contributed by atoms with E-state index in [2.05, 4.69) is 58.3 Å². The molecule has 0 aromatic heterocycles. The monoisotopic (exact) mass is 277 g/mol. The standard InChI is InChI=1S/C18H19N3/c1-2-7-17-16(5-1)18-14(12-20-21-17)4-3-6-15(18)13-8-10-19-11-9-13/h1-7,12-13,19,21H,8-11H2. The van der Waals surface area contributed by atoms with Crippen LogP contribution in [-0.4, -0.2) is 19.3 Å². The van der Waals surface area contributed by atoms with Crippen molar-refractivity contribution in [3.8, 4) is 11.1 Å². The van der Waals surface area contributed by atoms with Crippen LogP contribution in [-0.2, 0) is 0 Å². The van der Waals surface area contributed by atoms with Crippen LogP contribution in [0.15, 0.2) is 47.6 Å². The number of para-hydroxylation sites is 1. The van der Waals surface area contributed by atoms with Crippen LogP contribution in [0.25, 0.3) is 11.1 Å². The minimum absolute atomic E-state index is 0.640. The third kappa shape index (κ3) is 2.24. The molecule has 2 aliphatic rings. The Kier molecular flexibility index (Phi) is 3.20. The molecule has 1 saturated heterocycles. The van der Waals surface area contributed by atoms with Gasteiger partial charge in [0.05, 0.1) is 11.9 Å². The summed E-state index contributed by atoms with van der Waals surface area (Å²) < 4.78 is 0. The van der Waals surface area contributed by atoms with Crippen molar-refractivity contribution in [2.45, 2.75) is 18.8 Å². The lowest BCUT2D eigenvalue weighted by Crippen LogP contribution is -2.27. The molecule has 21 heavy (non-hydrogen) atoms. The topological polar surface area (TPSA) is 36.4 Å². The van der Waals surface area contributed by atoms with Gasteiger partial charge in [0.1, 0.15) is 0 Å². The number of benzene rings is 2. The highest BCUT2D eigenvalue weighted by Crippen LogP contribution is 2.39. The van der Waals surface area contributed by atoms with Crippen LogP contribution >= 0.6 is 0 Å². The summed E-state index contributed by atoms with van der Waals surface area (Å²) in [4.78, 5) is 0. The fraction of sp³-hybridized carbons (Fsp3) is 0.278. The first-order chi connectivity index (χ1) is 10.4. The SMILES string of the molecule is C1=NNc2ccccc2-c2c1cccc2C1CCNCC1. The van der Waals surface area contributed by atoms with Gasteiger partial charge in [-0.25, -0.2) is 0 Å². The minimum Gasteiger partial charge on any atom is -0.317 e. The van der Waals surface area contributed by atoms with Crippen molar-refractivity contribution in [1.29, 1.82) is 0 Å². The molecule has 0 radical (unpaired) electrons. The van der Waals surface area contributed by atoms with Gasteiger partial charge in [0.2, 0.25) is 0 Å². The Morgan fingerprint density at radius 3 is 2.71 bits per heavy atom. The van der Waals surface area contributed by atoms with Crippen LogP contribution < -0.4 is 10.7 Å². The summed E-state index contributed by atoms with van der Waals surface area (Å²) in [7, 11) is 0. The second-order valence-electron chi connectivity index (χ2n) is 5.75. The van der Waals surface area contributed by atoms with E-state index >= 15 is 0 Å². The van der Waals surface area contributed by atoms with E-state index in [-0.39, 0.29) is 0 Å². The van der Waals surface area contributed by atoms with Crippen LogP contribution in [0.1, 0.15) is 29.9 Å². The van der Waals surface area contributed by atoms with Gasteiger partial charge in [0.25, 0.3) is 0 Å². The Labute approximate surface area is 125 Å². The lowest BCUT2D eigenvalue weighted by Gasteiger charge is -2.26. The minimum atomic E-state index is 0.640. The number of hydrogen-bond acceptors (Lipinski definition) is 3. The number of hydrazone groups is 1. The number of fused-ring (bicyclic) bond motifs is 3. The first-order valence-electron chi connectivity index (χ1n) is 7.65. The molecule has 2 aromatic carbocycles. The van der Waals surface area contributed by atoms with E-state index in [0.29, 0.717) is 5.92 Å². The Morgan fingerprint density at radius 2 is 1.81 bits per heavy atom. The molecule has 1 fully saturated rings. The third-order valence-corrected chi connectivity index (χ3v) is 4.49. The van der Waals surface area contributed by atoms with Gasteiger partial charge < -0.3 is 5.32 Å². The Bertz CT molecular complexity index is 685. The Hall–Kier alpha value is -2.13. The first kappa shape index (κ1) is 12.6. The zero-order valence-electron chi connectivity index (χ0n) is 12.0. The number of nitrogens with one attached hydrogen (secondary N) is 2. The largest absolute Gasteiger partial charge is 0.317 e. The van der Waals surface area contributed by atoms with Crippen LogP contribution in [0.4, 0.5) is 5.69 Å². The van der Waals surface area contributed by atoms with Crippen molar-refractivity contribution in [2.75, 3.05) is 18.5 Å². The van der Waals surface area contributed by atoms with Crippen molar-refractivity contribution < 1.29 is 0 Å². The summed E-state index contributed by atoms with van der Waals surface area (Å²) in [6.07, 6.45) is 4.37. The van der Waals surface area contributed by atoms with Crippen molar-refractivity contribution in [3.05, 3.63) is 53.6 Å². The summed E-state index contributed by atoms with van der Waals surface area (Å²) >= 11 is 0. The number of rotatable bonds is 1. The summed E-state index contributed by atoms with van der Waals surface area (Å²) in [5, 5.41) is 7.81. The second-order valence-corrected chi connectivity index (χ2v) is 5.75. The zero-order chi connectivity index (χ0) is 14.1. The van der Waals surface area contributed by atoms with Gasteiger partial charge >= 0.3 is 0 Å². The quantitative estimate of drug-likeness (QED) is 0.836. The molecule has 2 N–H and O–H groups in total. The molecule has 0 amide bonds. The van der Waals surface area contributed by atoms with Crippen LogP contribution in [0.2, 0.25) is 0 Å². The number of nitrogens with zero attached hydrogens (tertiary/aromatic N) is 1. The lowest BCUT2D eigenvalue weighted by molar-refractivity contribution is 0.461. The molecule has 0 aliphatic carbocycles. The number of hydrogen-bond donors (Lipinski definition) is 2. The smallest absolute Gasteiger partial charge is 0.0640 e. The second kappa shape index (κ2) is 5.34. The average Bonchev–Trinajstić information content (AvgIpc) is 2.75. The van der Waals surface area contributed by atoms with Crippen molar-refractivity contribution >= 4 is 11.9 Å². The van der Waals surface area contributed by atoms with E-state index in [1.54, 1.807) is 0 Å². The molecule has 106 valence electrons. The molecular formula is C18H19N3. The fourth-order valence-electron chi connectivity index (χ4n) is 3.45. The van der Waals surface area contributed by atoms with Gasteiger partial charge in [0.15, 0.2) is 0 Å². The van der Waals surface area contributed by atoms with Crippen LogP contribution in [0, 0.1) is 0 Å². The summed E-state index contributed by atoms with van der Waals surface area (Å²) in [5.74, 6) is 0.640. The highest BCUT2D eigenvalue weighted by atomic mass is 15.3. The van der Waals surface area contributed by atoms with E-state index in [9.17, 15) is 0 Å². The molecule has 3 nitrogen and oxygen atoms in total. The molecule has 2 heterocycles. The molecule has 0 bridgehead atoms. The van der Waals surface area contributed by atoms with Crippen molar-refractivity contribution in [1.82, 2.24) is 5.32 Å². The van der Waals surface area contributed by atoms with E-state index in [1.165, 1.54) is 35.1 Å². The number of anilines is 1. The molecule has 3 heteroatoms. The van der Waals surface area contributed by atoms with Gasteiger partial charge in [-0.15, -0.1) is 0 Å². The molecule has 0 atom stereocenters. The maximum absolute atomic E-state index is 4.35. The van der Waals surface area contributed by atoms with Crippen molar-refractivity contribution in [2.24, 2.45) is 5.10 Å². The lowest BCUT2D eigenvalue weighted by atomic mass is 9.83. The van der Waals surface area contributed by atoms with E-state index < -0.39 is 0 Å². The summed E-state index contributed by atoms with van der Waals surface area (Å²) in [6.45, 7) is 2.23. The Balaban J connectivity index is 1.91. The predicted octanol–water partition coefficient (Wildman–Crippen LogP) is 3.58. The van der Waals surface area contributed by atoms with Crippen molar-refractivity contribution in [3.63, 3.8) is 0 Å². The van der Waals surface area contributed by atoms with E-state index in [4.69, 9.17) is 0 Å². The third-order valence-electron chi connectivity index (χ3n) is 4.49. The molecule has 4 rings (SSSR count). The first-order valence-corrected chi connectivity index (χ1v) is 7.65. The predicted molar refractivity (Wildman–Crippen MR) is 87.9 cm³/mol. The van der Waals surface area contributed by atoms with E-state index in [0.717, 1.165) is 18.8 Å². The average molecular weight is 277 g/mol. The van der Waals surface area contributed by atoms with Gasteiger partial charge in [0, 0.05) is 11.1 Å². The molecule has 2 aromatic rings. The van der Waals surface area contributed by atoms with E-state index in [1.807, 2.05) is 6.21 Å². The normalized spacial score (nSPS) is 17.5.